The number of ether oxygens (including phenoxy) is 1. The lowest BCUT2D eigenvalue weighted by atomic mass is 10.0. The summed E-state index contributed by atoms with van der Waals surface area (Å²) in [6, 6.07) is 4.39. The van der Waals surface area contributed by atoms with E-state index >= 15 is 0 Å². The van der Waals surface area contributed by atoms with Gasteiger partial charge in [-0.3, -0.25) is 9.80 Å². The molecule has 4 rings (SSSR count). The molecule has 4 nitrogen and oxygen atoms in total. The zero-order chi connectivity index (χ0) is 14.8. The highest BCUT2D eigenvalue weighted by atomic mass is 32.1. The predicted octanol–water partition coefficient (Wildman–Crippen LogP) is 2.30. The van der Waals surface area contributed by atoms with Crippen LogP contribution in [0.15, 0.2) is 16.8 Å². The zero-order valence-corrected chi connectivity index (χ0v) is 14.1. The molecule has 0 spiro atoms. The highest BCUT2D eigenvalue weighted by Gasteiger charge is 2.39. The van der Waals surface area contributed by atoms with E-state index < -0.39 is 0 Å². The Morgan fingerprint density at radius 2 is 1.91 bits per heavy atom. The second-order valence-corrected chi connectivity index (χ2v) is 7.60. The first-order valence-electron chi connectivity index (χ1n) is 8.72. The van der Waals surface area contributed by atoms with E-state index in [1.54, 1.807) is 0 Å². The number of thiophene rings is 1. The van der Waals surface area contributed by atoms with E-state index in [2.05, 4.69) is 31.9 Å². The molecule has 0 unspecified atom stereocenters. The van der Waals surface area contributed by atoms with Gasteiger partial charge in [0.25, 0.3) is 0 Å². The van der Waals surface area contributed by atoms with Gasteiger partial charge in [0, 0.05) is 37.9 Å². The molecule has 0 aliphatic carbocycles. The van der Waals surface area contributed by atoms with Crippen LogP contribution in [0.1, 0.15) is 37.3 Å². The van der Waals surface area contributed by atoms with Crippen LogP contribution in [-0.2, 0) is 4.74 Å². The Morgan fingerprint density at radius 1 is 1.09 bits per heavy atom. The van der Waals surface area contributed by atoms with Crippen LogP contribution in [-0.4, -0.2) is 61.4 Å². The Labute approximate surface area is 137 Å². The summed E-state index contributed by atoms with van der Waals surface area (Å²) >= 11 is 1.83. The van der Waals surface area contributed by atoms with Crippen molar-refractivity contribution in [2.75, 3.05) is 39.5 Å². The third-order valence-electron chi connectivity index (χ3n) is 5.57. The normalized spacial score (nSPS) is 30.1. The monoisotopic (exact) mass is 321 g/mol. The molecule has 0 saturated carbocycles. The van der Waals surface area contributed by atoms with Crippen LogP contribution in [0.3, 0.4) is 0 Å². The number of nitrogens with one attached hydrogen (secondary N) is 1. The minimum Gasteiger partial charge on any atom is -0.381 e. The molecule has 122 valence electrons. The van der Waals surface area contributed by atoms with Gasteiger partial charge in [0.2, 0.25) is 0 Å². The molecule has 3 fully saturated rings. The van der Waals surface area contributed by atoms with Gasteiger partial charge in [0.15, 0.2) is 0 Å². The van der Waals surface area contributed by atoms with Crippen LogP contribution in [0, 0.1) is 0 Å². The number of piperidine rings is 1. The van der Waals surface area contributed by atoms with E-state index in [-0.39, 0.29) is 0 Å². The average molecular weight is 321 g/mol. The predicted molar refractivity (Wildman–Crippen MR) is 90.2 cm³/mol. The molecule has 0 amide bonds. The van der Waals surface area contributed by atoms with Crippen LogP contribution in [0.25, 0.3) is 0 Å². The van der Waals surface area contributed by atoms with E-state index in [1.165, 1.54) is 50.9 Å². The summed E-state index contributed by atoms with van der Waals surface area (Å²) in [4.78, 5) is 5.52. The van der Waals surface area contributed by atoms with Crippen LogP contribution in [0.4, 0.5) is 0 Å². The van der Waals surface area contributed by atoms with Gasteiger partial charge in [-0.1, -0.05) is 0 Å². The first-order chi connectivity index (χ1) is 10.9. The molecule has 3 aliphatic rings. The van der Waals surface area contributed by atoms with Gasteiger partial charge < -0.3 is 10.1 Å². The van der Waals surface area contributed by atoms with Gasteiger partial charge in [-0.05, 0) is 61.2 Å². The second kappa shape index (κ2) is 6.97. The van der Waals surface area contributed by atoms with Crippen molar-refractivity contribution in [2.24, 2.45) is 0 Å². The lowest BCUT2D eigenvalue weighted by Gasteiger charge is -2.36. The lowest BCUT2D eigenvalue weighted by molar-refractivity contribution is 0.0326. The molecule has 5 heteroatoms. The van der Waals surface area contributed by atoms with Crippen molar-refractivity contribution in [3.63, 3.8) is 0 Å². The number of rotatable bonds is 3. The topological polar surface area (TPSA) is 27.7 Å². The molecule has 22 heavy (non-hydrogen) atoms. The molecule has 0 bridgehead atoms. The lowest BCUT2D eigenvalue weighted by Crippen LogP contribution is -2.45. The molecule has 4 heterocycles. The fraction of sp³-hybridized carbons (Fsp3) is 0.765. The molecule has 3 aliphatic heterocycles. The minimum atomic E-state index is 0.595. The zero-order valence-electron chi connectivity index (χ0n) is 13.2. The molecule has 1 aromatic rings. The number of hydrogen-bond donors (Lipinski definition) is 1. The Balaban J connectivity index is 1.51. The molecule has 1 N–H and O–H groups in total. The first-order valence-corrected chi connectivity index (χ1v) is 9.66. The Hall–Kier alpha value is -0.460. The molecule has 3 saturated heterocycles. The van der Waals surface area contributed by atoms with E-state index in [9.17, 15) is 0 Å². The van der Waals surface area contributed by atoms with Crippen LogP contribution in [0.2, 0.25) is 0 Å². The van der Waals surface area contributed by atoms with Gasteiger partial charge in [0.1, 0.15) is 0 Å². The van der Waals surface area contributed by atoms with Crippen molar-refractivity contribution >= 4 is 11.3 Å². The van der Waals surface area contributed by atoms with E-state index in [1.807, 2.05) is 11.3 Å². The third-order valence-corrected chi connectivity index (χ3v) is 6.27. The highest BCUT2D eigenvalue weighted by Crippen LogP contribution is 2.35. The first kappa shape index (κ1) is 15.1. The van der Waals surface area contributed by atoms with Gasteiger partial charge in [-0.2, -0.15) is 11.3 Å². The summed E-state index contributed by atoms with van der Waals surface area (Å²) in [6.45, 7) is 6.58. The molecule has 1 atom stereocenters. The Morgan fingerprint density at radius 3 is 2.64 bits per heavy atom. The smallest absolute Gasteiger partial charge is 0.0518 e. The standard InChI is InChI=1S/C17H27N3OS/c1-6-18-7-2-16(1)20-13-19(15-3-8-21-9-4-15)11-17(20)14-5-10-22-12-14/h5,10,12,15-18H,1-4,6-9,11,13H2/t17-/m0/s1. The van der Waals surface area contributed by atoms with Gasteiger partial charge in [-0.15, -0.1) is 0 Å². The number of nitrogens with zero attached hydrogens (tertiary/aromatic N) is 2. The van der Waals surface area contributed by atoms with Crippen LogP contribution < -0.4 is 5.32 Å². The quantitative estimate of drug-likeness (QED) is 0.924. The Kier molecular flexibility index (Phi) is 4.78. The van der Waals surface area contributed by atoms with Crippen molar-refractivity contribution in [2.45, 2.75) is 43.8 Å². The fourth-order valence-corrected chi connectivity index (χ4v) is 4.98. The summed E-state index contributed by atoms with van der Waals surface area (Å²) in [5.41, 5.74) is 1.53. The minimum absolute atomic E-state index is 0.595. The van der Waals surface area contributed by atoms with Crippen molar-refractivity contribution in [1.29, 1.82) is 0 Å². The molecular formula is C17H27N3OS. The maximum absolute atomic E-state index is 5.55. The van der Waals surface area contributed by atoms with Crippen molar-refractivity contribution in [3.8, 4) is 0 Å². The SMILES string of the molecule is c1cc([C@@H]2CN(C3CCOCC3)CN2C2CCNCC2)cs1. The van der Waals surface area contributed by atoms with E-state index in [0.29, 0.717) is 6.04 Å². The second-order valence-electron chi connectivity index (χ2n) is 6.82. The Bertz CT molecular complexity index is 454. The van der Waals surface area contributed by atoms with Crippen molar-refractivity contribution in [1.82, 2.24) is 15.1 Å². The van der Waals surface area contributed by atoms with Crippen LogP contribution in [0.5, 0.6) is 0 Å². The maximum Gasteiger partial charge on any atom is 0.0518 e. The largest absolute Gasteiger partial charge is 0.381 e. The molecule has 0 aromatic carbocycles. The summed E-state index contributed by atoms with van der Waals surface area (Å²) in [6.07, 6.45) is 5.00. The third kappa shape index (κ3) is 3.10. The van der Waals surface area contributed by atoms with Gasteiger partial charge >= 0.3 is 0 Å². The molecule has 1 aromatic heterocycles. The summed E-state index contributed by atoms with van der Waals surface area (Å²) in [7, 11) is 0. The summed E-state index contributed by atoms with van der Waals surface area (Å²) in [5.74, 6) is 0. The summed E-state index contributed by atoms with van der Waals surface area (Å²) in [5, 5.41) is 8.09. The van der Waals surface area contributed by atoms with Crippen molar-refractivity contribution in [3.05, 3.63) is 22.4 Å². The van der Waals surface area contributed by atoms with Gasteiger partial charge in [0.05, 0.1) is 6.67 Å². The average Bonchev–Trinajstić information content (AvgIpc) is 3.26. The van der Waals surface area contributed by atoms with E-state index in [4.69, 9.17) is 4.74 Å². The van der Waals surface area contributed by atoms with Crippen molar-refractivity contribution < 1.29 is 4.74 Å². The molecule has 0 radical (unpaired) electrons. The maximum atomic E-state index is 5.55. The molecular weight excluding hydrogens is 294 g/mol. The highest BCUT2D eigenvalue weighted by molar-refractivity contribution is 7.07. The van der Waals surface area contributed by atoms with E-state index in [0.717, 1.165) is 32.0 Å². The van der Waals surface area contributed by atoms with Gasteiger partial charge in [-0.25, -0.2) is 0 Å². The fourth-order valence-electron chi connectivity index (χ4n) is 4.28. The van der Waals surface area contributed by atoms with Crippen LogP contribution >= 0.6 is 11.3 Å². The number of hydrogen-bond acceptors (Lipinski definition) is 5. The summed E-state index contributed by atoms with van der Waals surface area (Å²) < 4.78 is 5.55.